The lowest BCUT2D eigenvalue weighted by Gasteiger charge is -2.20. The summed E-state index contributed by atoms with van der Waals surface area (Å²) in [5.41, 5.74) is 0.927. The Hall–Kier alpha value is -2.18. The highest BCUT2D eigenvalue weighted by Gasteiger charge is 2.34. The van der Waals surface area contributed by atoms with Gasteiger partial charge in [0.05, 0.1) is 22.4 Å². The van der Waals surface area contributed by atoms with Gasteiger partial charge in [-0.05, 0) is 32.4 Å². The predicted molar refractivity (Wildman–Crippen MR) is 119 cm³/mol. The standard InChI is InChI=1S/C20H22ClN3O6S2/c1-12-18(20(25)26)24(11-14-10-15(30-22-14)16-4-5-17(21)31-16)13(2)19(12)32(27,28)23-6-3-8-29-9-7-23/h4-5,10H,3,6-9,11H2,1-2H3,(H,25,26). The molecule has 0 saturated carbocycles. The number of hydrogen-bond donors (Lipinski definition) is 1. The molecule has 1 N–H and O–H groups in total. The van der Waals surface area contributed by atoms with Gasteiger partial charge in [-0.3, -0.25) is 0 Å². The van der Waals surface area contributed by atoms with Gasteiger partial charge in [-0.2, -0.15) is 4.31 Å². The van der Waals surface area contributed by atoms with Crippen LogP contribution in [0.15, 0.2) is 27.6 Å². The summed E-state index contributed by atoms with van der Waals surface area (Å²) in [6.45, 7) is 4.54. The van der Waals surface area contributed by atoms with E-state index in [0.717, 1.165) is 4.88 Å². The number of ether oxygens (including phenoxy) is 1. The second kappa shape index (κ2) is 8.99. The molecule has 0 unspecified atom stereocenters. The lowest BCUT2D eigenvalue weighted by Crippen LogP contribution is -2.33. The first-order valence-electron chi connectivity index (χ1n) is 9.92. The third-order valence-electron chi connectivity index (χ3n) is 5.38. The summed E-state index contributed by atoms with van der Waals surface area (Å²) < 4.78 is 41.1. The first-order valence-corrected chi connectivity index (χ1v) is 12.6. The highest BCUT2D eigenvalue weighted by atomic mass is 35.5. The Morgan fingerprint density at radius 3 is 2.75 bits per heavy atom. The zero-order valence-electron chi connectivity index (χ0n) is 17.5. The molecule has 172 valence electrons. The Kier molecular flexibility index (Phi) is 6.46. The third-order valence-corrected chi connectivity index (χ3v) is 8.78. The molecule has 12 heteroatoms. The van der Waals surface area contributed by atoms with E-state index in [4.69, 9.17) is 20.9 Å². The van der Waals surface area contributed by atoms with Crippen LogP contribution in [-0.2, 0) is 21.3 Å². The summed E-state index contributed by atoms with van der Waals surface area (Å²) in [5.74, 6) is -0.701. The minimum absolute atomic E-state index is 0.0190. The van der Waals surface area contributed by atoms with E-state index in [9.17, 15) is 18.3 Å². The molecule has 32 heavy (non-hydrogen) atoms. The highest BCUT2D eigenvalue weighted by Crippen LogP contribution is 2.33. The van der Waals surface area contributed by atoms with Crippen LogP contribution in [-0.4, -0.2) is 59.8 Å². The minimum Gasteiger partial charge on any atom is -0.477 e. The van der Waals surface area contributed by atoms with Crippen LogP contribution >= 0.6 is 22.9 Å². The van der Waals surface area contributed by atoms with Crippen molar-refractivity contribution in [3.05, 3.63) is 45.2 Å². The molecule has 1 aliphatic heterocycles. The van der Waals surface area contributed by atoms with Gasteiger partial charge in [0.2, 0.25) is 10.0 Å². The molecule has 0 bridgehead atoms. The molecule has 0 atom stereocenters. The van der Waals surface area contributed by atoms with Gasteiger partial charge in [-0.25, -0.2) is 13.2 Å². The minimum atomic E-state index is -3.90. The molecule has 3 aromatic heterocycles. The molecule has 0 radical (unpaired) electrons. The van der Waals surface area contributed by atoms with Gasteiger partial charge in [0.15, 0.2) is 5.76 Å². The van der Waals surface area contributed by atoms with Crippen LogP contribution in [0.25, 0.3) is 10.6 Å². The summed E-state index contributed by atoms with van der Waals surface area (Å²) in [7, 11) is -3.90. The van der Waals surface area contributed by atoms with Crippen molar-refractivity contribution in [1.29, 1.82) is 0 Å². The van der Waals surface area contributed by atoms with Crippen molar-refractivity contribution >= 4 is 38.9 Å². The fourth-order valence-corrected chi connectivity index (χ4v) is 6.83. The number of sulfonamides is 1. The van der Waals surface area contributed by atoms with Crippen molar-refractivity contribution in [2.75, 3.05) is 26.3 Å². The van der Waals surface area contributed by atoms with Crippen LogP contribution in [0.4, 0.5) is 0 Å². The predicted octanol–water partition coefficient (Wildman–Crippen LogP) is 3.63. The number of aromatic nitrogens is 2. The van der Waals surface area contributed by atoms with Crippen LogP contribution in [0.1, 0.15) is 33.9 Å². The summed E-state index contributed by atoms with van der Waals surface area (Å²) in [6, 6.07) is 5.25. The Morgan fingerprint density at radius 1 is 1.28 bits per heavy atom. The number of rotatable bonds is 6. The van der Waals surface area contributed by atoms with Gasteiger partial charge in [0.1, 0.15) is 16.3 Å². The Morgan fingerprint density at radius 2 is 2.06 bits per heavy atom. The number of nitrogens with zero attached hydrogens (tertiary/aromatic N) is 3. The summed E-state index contributed by atoms with van der Waals surface area (Å²) in [4.78, 5) is 12.9. The molecule has 0 spiro atoms. The summed E-state index contributed by atoms with van der Waals surface area (Å²) in [6.07, 6.45) is 0.582. The average molecular weight is 500 g/mol. The van der Waals surface area contributed by atoms with Gasteiger partial charge in [-0.15, -0.1) is 11.3 Å². The van der Waals surface area contributed by atoms with Gasteiger partial charge < -0.3 is 18.9 Å². The number of carboxylic acids is 1. The normalized spacial score (nSPS) is 15.7. The van der Waals surface area contributed by atoms with Crippen LogP contribution in [0.3, 0.4) is 0 Å². The van der Waals surface area contributed by atoms with Crippen molar-refractivity contribution in [2.24, 2.45) is 0 Å². The summed E-state index contributed by atoms with van der Waals surface area (Å²) in [5, 5.41) is 13.9. The number of carbonyl (C=O) groups is 1. The molecular formula is C20H22ClN3O6S2. The topological polar surface area (TPSA) is 115 Å². The molecule has 4 heterocycles. The largest absolute Gasteiger partial charge is 0.477 e. The van der Waals surface area contributed by atoms with E-state index < -0.39 is 16.0 Å². The van der Waals surface area contributed by atoms with E-state index in [1.54, 1.807) is 25.1 Å². The number of carboxylic acid groups (broad SMARTS) is 1. The molecule has 1 aliphatic rings. The Labute approximate surface area is 194 Å². The Bertz CT molecular complexity index is 1250. The summed E-state index contributed by atoms with van der Waals surface area (Å²) >= 11 is 7.31. The van der Waals surface area contributed by atoms with Gasteiger partial charge >= 0.3 is 5.97 Å². The monoisotopic (exact) mass is 499 g/mol. The van der Waals surface area contributed by atoms with Crippen LogP contribution in [0.5, 0.6) is 0 Å². The second-order valence-corrected chi connectivity index (χ2v) is 11.0. The van der Waals surface area contributed by atoms with E-state index in [1.807, 2.05) is 0 Å². The lowest BCUT2D eigenvalue weighted by molar-refractivity contribution is 0.0684. The lowest BCUT2D eigenvalue weighted by atomic mass is 10.2. The average Bonchev–Trinajstić information content (AvgIpc) is 3.34. The molecule has 3 aromatic rings. The number of thiophene rings is 1. The van der Waals surface area contributed by atoms with E-state index in [1.165, 1.54) is 27.1 Å². The van der Waals surface area contributed by atoms with Crippen LogP contribution in [0, 0.1) is 13.8 Å². The fourth-order valence-electron chi connectivity index (χ4n) is 3.93. The molecule has 9 nitrogen and oxygen atoms in total. The quantitative estimate of drug-likeness (QED) is 0.550. The van der Waals surface area contributed by atoms with Crippen molar-refractivity contribution in [3.63, 3.8) is 0 Å². The molecule has 1 saturated heterocycles. The zero-order chi connectivity index (χ0) is 23.0. The van der Waals surface area contributed by atoms with Crippen LogP contribution < -0.4 is 0 Å². The SMILES string of the molecule is Cc1c(S(=O)(=O)N2CCCOCC2)c(C)n(Cc2cc(-c3ccc(Cl)s3)on2)c1C(=O)O. The fraction of sp³-hybridized carbons (Fsp3) is 0.400. The maximum Gasteiger partial charge on any atom is 0.352 e. The van der Waals surface area contributed by atoms with E-state index >= 15 is 0 Å². The highest BCUT2D eigenvalue weighted by molar-refractivity contribution is 7.89. The number of aromatic carboxylic acids is 1. The zero-order valence-corrected chi connectivity index (χ0v) is 19.9. The van der Waals surface area contributed by atoms with Crippen molar-refractivity contribution in [2.45, 2.75) is 31.7 Å². The van der Waals surface area contributed by atoms with Crippen molar-refractivity contribution in [3.8, 4) is 10.6 Å². The van der Waals surface area contributed by atoms with Gasteiger partial charge in [0.25, 0.3) is 0 Å². The first kappa shape index (κ1) is 23.0. The molecule has 1 fully saturated rings. The molecule has 0 amide bonds. The van der Waals surface area contributed by atoms with Crippen LogP contribution in [0.2, 0.25) is 4.34 Å². The second-order valence-electron chi connectivity index (χ2n) is 7.44. The maximum absolute atomic E-state index is 13.4. The number of halogens is 1. The molecule has 0 aromatic carbocycles. The van der Waals surface area contributed by atoms with Gasteiger partial charge in [-0.1, -0.05) is 16.8 Å². The van der Waals surface area contributed by atoms with E-state index in [-0.39, 0.29) is 29.2 Å². The van der Waals surface area contributed by atoms with Crippen molar-refractivity contribution < 1.29 is 27.6 Å². The molecule has 0 aliphatic carbocycles. The van der Waals surface area contributed by atoms with E-state index in [0.29, 0.717) is 47.7 Å². The molecule has 4 rings (SSSR count). The van der Waals surface area contributed by atoms with Crippen molar-refractivity contribution in [1.82, 2.24) is 14.0 Å². The maximum atomic E-state index is 13.4. The smallest absolute Gasteiger partial charge is 0.352 e. The molecular weight excluding hydrogens is 478 g/mol. The number of hydrogen-bond acceptors (Lipinski definition) is 7. The van der Waals surface area contributed by atoms with Gasteiger partial charge in [0, 0.05) is 37.0 Å². The first-order chi connectivity index (χ1) is 15.2. The Balaban J connectivity index is 1.73. The van der Waals surface area contributed by atoms with E-state index in [2.05, 4.69) is 5.16 Å². The third kappa shape index (κ3) is 4.23.